The molecule has 0 unspecified atom stereocenters. The van der Waals surface area contributed by atoms with Crippen molar-refractivity contribution in [1.82, 2.24) is 0 Å². The number of carbonyl (C=O) groups is 1. The van der Waals surface area contributed by atoms with E-state index in [0.29, 0.717) is 16.9 Å². The van der Waals surface area contributed by atoms with Gasteiger partial charge in [-0.2, -0.15) is 0 Å². The van der Waals surface area contributed by atoms with Gasteiger partial charge in [0.05, 0.1) is 11.4 Å². The predicted octanol–water partition coefficient (Wildman–Crippen LogP) is 8.99. The van der Waals surface area contributed by atoms with Gasteiger partial charge in [-0.05, 0) is 94.2 Å². The Morgan fingerprint density at radius 2 is 1.84 bits per heavy atom. The molecule has 0 saturated carbocycles. The molecule has 2 aromatic carbocycles. The Hall–Kier alpha value is -3.73. The molecule has 0 amide bonds. The number of hydrogen-bond acceptors (Lipinski definition) is 4. The lowest BCUT2D eigenvalue weighted by Gasteiger charge is -2.16. The van der Waals surface area contributed by atoms with E-state index in [9.17, 15) is 4.79 Å². The van der Waals surface area contributed by atoms with Gasteiger partial charge < -0.3 is 10.1 Å². The molecule has 1 aliphatic rings. The molecule has 0 aliphatic heterocycles. The van der Waals surface area contributed by atoms with E-state index in [-0.39, 0.29) is 17.5 Å². The van der Waals surface area contributed by atoms with Crippen LogP contribution in [0, 0.1) is 18.7 Å². The predicted molar refractivity (Wildman–Crippen MR) is 157 cm³/mol. The summed E-state index contributed by atoms with van der Waals surface area (Å²) in [6.45, 7) is 15.4. The summed E-state index contributed by atoms with van der Waals surface area (Å²) < 4.78 is 20.8. The van der Waals surface area contributed by atoms with Crippen LogP contribution in [-0.4, -0.2) is 11.5 Å². The molecule has 0 bridgehead atoms. The Balaban J connectivity index is 1.92. The lowest BCUT2D eigenvalue weighted by atomic mass is 9.94. The van der Waals surface area contributed by atoms with Crippen molar-refractivity contribution in [2.45, 2.75) is 68.2 Å². The maximum Gasteiger partial charge on any atom is 0.165 e. The van der Waals surface area contributed by atoms with Crippen LogP contribution in [0.25, 0.3) is 5.57 Å². The van der Waals surface area contributed by atoms with E-state index in [4.69, 9.17) is 9.73 Å². The second-order valence-corrected chi connectivity index (χ2v) is 9.98. The molecule has 4 nitrogen and oxygen atoms in total. The second kappa shape index (κ2) is 12.7. The SMILES string of the molecule is C\C=C/C(C)=C(Nc1ccc(C(=O)C(C)C)c(CC)c1)\C(C)=N\C=C(/C)c1ccc(OC2=CC2)c(C)c1F. The molecule has 5 heteroatoms. The zero-order chi connectivity index (χ0) is 28.0. The smallest absolute Gasteiger partial charge is 0.165 e. The standard InChI is InChI=1S/C33H39FN2O2/c1-9-11-21(5)32(36-26-12-15-29(25(10-2)18-26)33(37)20(3)4)24(8)35-19-22(6)28-16-17-30(23(7)31(28)34)38-27-13-14-27/h9,11-13,15-20,36H,10,14H2,1-8H3/b11-9-,22-19+,32-21+,35-24+. The first-order valence-electron chi connectivity index (χ1n) is 13.2. The fraction of sp³-hybridized carbons (Fsp3) is 0.333. The molecule has 0 radical (unpaired) electrons. The summed E-state index contributed by atoms with van der Waals surface area (Å²) in [7, 11) is 0. The third-order valence-corrected chi connectivity index (χ3v) is 6.54. The van der Waals surface area contributed by atoms with Gasteiger partial charge in [-0.15, -0.1) is 0 Å². The highest BCUT2D eigenvalue weighted by Crippen LogP contribution is 2.32. The Labute approximate surface area is 226 Å². The summed E-state index contributed by atoms with van der Waals surface area (Å²) >= 11 is 0. The van der Waals surface area contributed by atoms with Crippen LogP contribution in [0.15, 0.2) is 76.8 Å². The second-order valence-electron chi connectivity index (χ2n) is 9.98. The first-order chi connectivity index (χ1) is 18.1. The summed E-state index contributed by atoms with van der Waals surface area (Å²) in [5.74, 6) is 1.23. The van der Waals surface area contributed by atoms with Crippen molar-refractivity contribution >= 4 is 22.8 Å². The van der Waals surface area contributed by atoms with E-state index in [1.807, 2.05) is 84.0 Å². The van der Waals surface area contributed by atoms with E-state index in [1.54, 1.807) is 19.2 Å². The number of carbonyl (C=O) groups excluding carboxylic acids is 1. The molecule has 0 spiro atoms. The minimum atomic E-state index is -0.299. The van der Waals surface area contributed by atoms with Gasteiger partial charge in [0, 0.05) is 40.9 Å². The van der Waals surface area contributed by atoms with Crippen LogP contribution >= 0.6 is 0 Å². The van der Waals surface area contributed by atoms with E-state index in [2.05, 4.69) is 12.2 Å². The maximum atomic E-state index is 15.1. The minimum Gasteiger partial charge on any atom is -0.461 e. The summed E-state index contributed by atoms with van der Waals surface area (Å²) in [4.78, 5) is 17.3. The number of halogens is 1. The number of allylic oxidation sites excluding steroid dienone is 7. The zero-order valence-electron chi connectivity index (χ0n) is 23.8. The van der Waals surface area contributed by atoms with Crippen molar-refractivity contribution in [2.75, 3.05) is 5.32 Å². The third kappa shape index (κ3) is 6.97. The number of Topliss-reactive ketones (excluding diaryl/α,β-unsaturated/α-hetero) is 1. The van der Waals surface area contributed by atoms with Crippen molar-refractivity contribution in [3.63, 3.8) is 0 Å². The first kappa shape index (κ1) is 28.8. The van der Waals surface area contributed by atoms with Gasteiger partial charge in [-0.3, -0.25) is 9.79 Å². The van der Waals surface area contributed by atoms with Gasteiger partial charge in [0.25, 0.3) is 0 Å². The van der Waals surface area contributed by atoms with E-state index in [1.165, 1.54) is 0 Å². The van der Waals surface area contributed by atoms with E-state index >= 15 is 4.39 Å². The van der Waals surface area contributed by atoms with Crippen molar-refractivity contribution < 1.29 is 13.9 Å². The van der Waals surface area contributed by atoms with Crippen LogP contribution < -0.4 is 10.1 Å². The molecular weight excluding hydrogens is 475 g/mol. The molecule has 38 heavy (non-hydrogen) atoms. The lowest BCUT2D eigenvalue weighted by Crippen LogP contribution is -2.13. The summed E-state index contributed by atoms with van der Waals surface area (Å²) in [5, 5.41) is 3.51. The Morgan fingerprint density at radius 3 is 2.45 bits per heavy atom. The molecule has 0 heterocycles. The molecule has 3 rings (SSSR count). The van der Waals surface area contributed by atoms with Crippen molar-refractivity contribution in [1.29, 1.82) is 0 Å². The molecule has 0 atom stereocenters. The third-order valence-electron chi connectivity index (χ3n) is 6.54. The van der Waals surface area contributed by atoms with Crippen LogP contribution in [0.1, 0.15) is 81.9 Å². The van der Waals surface area contributed by atoms with Crippen molar-refractivity contribution in [3.8, 4) is 5.75 Å². The Morgan fingerprint density at radius 1 is 1.16 bits per heavy atom. The summed E-state index contributed by atoms with van der Waals surface area (Å²) in [5.41, 5.74) is 7.01. The number of nitrogens with zero attached hydrogens (tertiary/aromatic N) is 1. The van der Waals surface area contributed by atoms with Gasteiger partial charge in [0.1, 0.15) is 17.3 Å². The highest BCUT2D eigenvalue weighted by Gasteiger charge is 2.17. The number of nitrogens with one attached hydrogen (secondary N) is 1. The first-order valence-corrected chi connectivity index (χ1v) is 13.2. The van der Waals surface area contributed by atoms with Gasteiger partial charge in [-0.1, -0.05) is 32.9 Å². The molecular formula is C33H39FN2O2. The monoisotopic (exact) mass is 514 g/mol. The molecule has 2 aromatic rings. The topological polar surface area (TPSA) is 50.7 Å². The summed E-state index contributed by atoms with van der Waals surface area (Å²) in [6, 6.07) is 9.42. The molecule has 0 aromatic heterocycles. The average molecular weight is 515 g/mol. The Kier molecular flexibility index (Phi) is 9.62. The van der Waals surface area contributed by atoms with Crippen LogP contribution in [0.3, 0.4) is 0 Å². The number of ketones is 1. The number of rotatable bonds is 11. The number of benzene rings is 2. The number of ether oxygens (including phenoxy) is 1. The number of aliphatic imine (C=N–C) groups is 1. The van der Waals surface area contributed by atoms with Gasteiger partial charge >= 0.3 is 0 Å². The van der Waals surface area contributed by atoms with Crippen LogP contribution in [0.4, 0.5) is 10.1 Å². The molecule has 1 aliphatic carbocycles. The quantitative estimate of drug-likeness (QED) is 0.185. The largest absolute Gasteiger partial charge is 0.461 e. The molecule has 0 fully saturated rings. The number of aryl methyl sites for hydroxylation is 1. The van der Waals surface area contributed by atoms with Crippen molar-refractivity contribution in [3.05, 3.63) is 99.9 Å². The highest BCUT2D eigenvalue weighted by molar-refractivity contribution is 6.03. The normalized spacial score (nSPS) is 14.5. The van der Waals surface area contributed by atoms with E-state index in [0.717, 1.165) is 58.0 Å². The fourth-order valence-electron chi connectivity index (χ4n) is 4.14. The Bertz CT molecular complexity index is 1370. The fourth-order valence-corrected chi connectivity index (χ4v) is 4.14. The number of anilines is 1. The van der Waals surface area contributed by atoms with Gasteiger partial charge in [0.2, 0.25) is 0 Å². The minimum absolute atomic E-state index is 0.0520. The zero-order valence-corrected chi connectivity index (χ0v) is 23.8. The van der Waals surface area contributed by atoms with Crippen molar-refractivity contribution in [2.24, 2.45) is 10.9 Å². The molecule has 1 N–H and O–H groups in total. The van der Waals surface area contributed by atoms with Gasteiger partial charge in [0.15, 0.2) is 5.78 Å². The lowest BCUT2D eigenvalue weighted by molar-refractivity contribution is 0.0938. The van der Waals surface area contributed by atoms with Crippen LogP contribution in [0.2, 0.25) is 0 Å². The average Bonchev–Trinajstić information content (AvgIpc) is 3.72. The number of hydrogen-bond donors (Lipinski definition) is 1. The van der Waals surface area contributed by atoms with Gasteiger partial charge in [-0.25, -0.2) is 4.39 Å². The highest BCUT2D eigenvalue weighted by atomic mass is 19.1. The van der Waals surface area contributed by atoms with Crippen LogP contribution in [-0.2, 0) is 6.42 Å². The molecule has 0 saturated heterocycles. The van der Waals surface area contributed by atoms with E-state index < -0.39 is 0 Å². The molecule has 200 valence electrons. The summed E-state index contributed by atoms with van der Waals surface area (Å²) in [6.07, 6.45) is 9.25. The van der Waals surface area contributed by atoms with Crippen LogP contribution in [0.5, 0.6) is 5.75 Å². The maximum absolute atomic E-state index is 15.1.